The summed E-state index contributed by atoms with van der Waals surface area (Å²) >= 11 is 0. The molecule has 1 heterocycles. The summed E-state index contributed by atoms with van der Waals surface area (Å²) in [6.07, 6.45) is 3.11. The molecular formula is C24H25NO3. The van der Waals surface area contributed by atoms with Crippen molar-refractivity contribution in [3.8, 4) is 0 Å². The molecule has 0 amide bonds. The molecule has 4 rings (SSSR count). The third-order valence-corrected chi connectivity index (χ3v) is 5.54. The zero-order valence-corrected chi connectivity index (χ0v) is 16.5. The summed E-state index contributed by atoms with van der Waals surface area (Å²) in [6, 6.07) is 14.2. The Hall–Kier alpha value is -2.88. The smallest absolute Gasteiger partial charge is 0.336 e. The van der Waals surface area contributed by atoms with E-state index in [2.05, 4.69) is 29.6 Å². The minimum absolute atomic E-state index is 0.172. The number of allylic oxidation sites excluding steroid dienone is 3. The molecule has 0 radical (unpaired) electrons. The number of esters is 1. The van der Waals surface area contributed by atoms with Crippen LogP contribution in [0.15, 0.2) is 65.5 Å². The molecule has 0 saturated heterocycles. The van der Waals surface area contributed by atoms with Gasteiger partial charge in [-0.15, -0.1) is 0 Å². The molecule has 1 aliphatic heterocycles. The largest absolute Gasteiger partial charge is 0.460 e. The topological polar surface area (TPSA) is 55.4 Å². The van der Waals surface area contributed by atoms with Crippen LogP contribution in [0.3, 0.4) is 0 Å². The van der Waals surface area contributed by atoms with Crippen LogP contribution in [0.2, 0.25) is 0 Å². The van der Waals surface area contributed by atoms with Crippen LogP contribution >= 0.6 is 0 Å². The Morgan fingerprint density at radius 1 is 1.11 bits per heavy atom. The van der Waals surface area contributed by atoms with E-state index in [4.69, 9.17) is 4.74 Å². The molecule has 4 heteroatoms. The van der Waals surface area contributed by atoms with Gasteiger partial charge in [-0.1, -0.05) is 48.5 Å². The number of carbonyl (C=O) groups is 2. The lowest BCUT2D eigenvalue weighted by Gasteiger charge is -2.38. The molecule has 2 aromatic rings. The van der Waals surface area contributed by atoms with Gasteiger partial charge in [0.25, 0.3) is 0 Å². The van der Waals surface area contributed by atoms with Crippen LogP contribution in [0.25, 0.3) is 10.8 Å². The second-order valence-corrected chi connectivity index (χ2v) is 7.81. The summed E-state index contributed by atoms with van der Waals surface area (Å²) in [5, 5.41) is 5.49. The Labute approximate surface area is 165 Å². The first-order chi connectivity index (χ1) is 13.5. The van der Waals surface area contributed by atoms with Crippen molar-refractivity contribution in [3.63, 3.8) is 0 Å². The van der Waals surface area contributed by atoms with Gasteiger partial charge in [-0.05, 0) is 43.5 Å². The number of rotatable bonds is 3. The first-order valence-corrected chi connectivity index (χ1v) is 9.86. The third-order valence-electron chi connectivity index (χ3n) is 5.54. The highest BCUT2D eigenvalue weighted by Gasteiger charge is 2.43. The number of fused-ring (bicyclic) bond motifs is 2. The highest BCUT2D eigenvalue weighted by atomic mass is 16.5. The summed E-state index contributed by atoms with van der Waals surface area (Å²) in [5.74, 6) is -0.906. The van der Waals surface area contributed by atoms with Crippen LogP contribution in [0.4, 0.5) is 0 Å². The van der Waals surface area contributed by atoms with Crippen molar-refractivity contribution < 1.29 is 14.3 Å². The third kappa shape index (κ3) is 3.13. The lowest BCUT2D eigenvalue weighted by molar-refractivity contribution is -0.143. The Balaban J connectivity index is 1.95. The van der Waals surface area contributed by atoms with E-state index in [1.54, 1.807) is 0 Å². The maximum atomic E-state index is 13.1. The van der Waals surface area contributed by atoms with Crippen LogP contribution in [0, 0.1) is 5.92 Å². The number of Topliss-reactive ketones (excluding diaryl/α,β-unsaturated/α-hetero) is 1. The van der Waals surface area contributed by atoms with Crippen molar-refractivity contribution in [2.45, 2.75) is 45.6 Å². The first kappa shape index (κ1) is 18.5. The molecule has 28 heavy (non-hydrogen) atoms. The van der Waals surface area contributed by atoms with Crippen LogP contribution in [0.5, 0.6) is 0 Å². The second-order valence-electron chi connectivity index (χ2n) is 7.81. The number of ether oxygens (including phenoxy) is 1. The first-order valence-electron chi connectivity index (χ1n) is 9.86. The van der Waals surface area contributed by atoms with Crippen molar-refractivity contribution in [1.82, 2.24) is 5.32 Å². The van der Waals surface area contributed by atoms with E-state index < -0.39 is 0 Å². The van der Waals surface area contributed by atoms with Crippen LogP contribution in [-0.2, 0) is 14.3 Å². The van der Waals surface area contributed by atoms with Gasteiger partial charge >= 0.3 is 5.97 Å². The Kier molecular flexibility index (Phi) is 4.80. The monoisotopic (exact) mass is 375 g/mol. The molecule has 2 unspecified atom stereocenters. The molecule has 0 saturated carbocycles. The molecule has 1 aliphatic carbocycles. The SMILES string of the molecule is CC1=C(C(=O)OC(C)C)C(c2cccc3ccccc23)C2C(=O)CCC=C2N1. The van der Waals surface area contributed by atoms with Crippen LogP contribution in [0.1, 0.15) is 45.1 Å². The molecule has 144 valence electrons. The Bertz CT molecular complexity index is 1010. The van der Waals surface area contributed by atoms with Gasteiger partial charge in [-0.3, -0.25) is 4.79 Å². The fourth-order valence-electron chi connectivity index (χ4n) is 4.42. The standard InChI is InChI=1S/C24H25NO3/c1-14(2)28-24(27)21-15(3)25-19-12-7-13-20(26)23(19)22(21)18-11-6-9-16-8-4-5-10-17(16)18/h4-6,8-12,14,22-23,25H,7,13H2,1-3H3. The Morgan fingerprint density at radius 3 is 2.64 bits per heavy atom. The summed E-state index contributed by atoms with van der Waals surface area (Å²) in [6.45, 7) is 5.58. The minimum Gasteiger partial charge on any atom is -0.460 e. The van der Waals surface area contributed by atoms with Gasteiger partial charge in [0.2, 0.25) is 0 Å². The number of ketones is 1. The second kappa shape index (κ2) is 7.27. The molecular weight excluding hydrogens is 350 g/mol. The fraction of sp³-hybridized carbons (Fsp3) is 0.333. The van der Waals surface area contributed by atoms with E-state index in [-0.39, 0.29) is 29.7 Å². The summed E-state index contributed by atoms with van der Waals surface area (Å²) in [4.78, 5) is 26.1. The quantitative estimate of drug-likeness (QED) is 0.796. The van der Waals surface area contributed by atoms with Gasteiger partial charge in [0.05, 0.1) is 17.6 Å². The molecule has 0 spiro atoms. The van der Waals surface area contributed by atoms with Crippen molar-refractivity contribution in [1.29, 1.82) is 0 Å². The minimum atomic E-state index is -0.377. The van der Waals surface area contributed by atoms with Crippen molar-refractivity contribution in [2.24, 2.45) is 5.92 Å². The lowest BCUT2D eigenvalue weighted by atomic mass is 9.70. The summed E-state index contributed by atoms with van der Waals surface area (Å²) in [5.41, 5.74) is 3.23. The molecule has 1 N–H and O–H groups in total. The van der Waals surface area contributed by atoms with Crippen molar-refractivity contribution in [3.05, 3.63) is 71.1 Å². The van der Waals surface area contributed by atoms with Crippen molar-refractivity contribution in [2.75, 3.05) is 0 Å². The predicted molar refractivity (Wildman–Crippen MR) is 110 cm³/mol. The highest BCUT2D eigenvalue weighted by molar-refractivity contribution is 5.98. The van der Waals surface area contributed by atoms with E-state index in [9.17, 15) is 9.59 Å². The number of nitrogens with one attached hydrogen (secondary N) is 1. The van der Waals surface area contributed by atoms with E-state index in [0.29, 0.717) is 12.0 Å². The molecule has 2 aromatic carbocycles. The van der Waals surface area contributed by atoms with Gasteiger partial charge in [0.15, 0.2) is 0 Å². The predicted octanol–water partition coefficient (Wildman–Crippen LogP) is 4.62. The van der Waals surface area contributed by atoms with E-state index in [1.165, 1.54) is 0 Å². The highest BCUT2D eigenvalue weighted by Crippen LogP contribution is 2.45. The number of benzene rings is 2. The summed E-state index contributed by atoms with van der Waals surface area (Å²) in [7, 11) is 0. The zero-order chi connectivity index (χ0) is 19.8. The lowest BCUT2D eigenvalue weighted by Crippen LogP contribution is -2.41. The average Bonchev–Trinajstić information content (AvgIpc) is 2.66. The molecule has 0 aromatic heterocycles. The van der Waals surface area contributed by atoms with Gasteiger partial charge < -0.3 is 10.1 Å². The van der Waals surface area contributed by atoms with E-state index in [0.717, 1.165) is 34.2 Å². The zero-order valence-electron chi connectivity index (χ0n) is 16.5. The number of hydrogen-bond donors (Lipinski definition) is 1. The maximum absolute atomic E-state index is 13.1. The van der Waals surface area contributed by atoms with Gasteiger partial charge in [-0.25, -0.2) is 4.79 Å². The number of hydrogen-bond acceptors (Lipinski definition) is 4. The van der Waals surface area contributed by atoms with Gasteiger partial charge in [0, 0.05) is 23.7 Å². The van der Waals surface area contributed by atoms with E-state index >= 15 is 0 Å². The summed E-state index contributed by atoms with van der Waals surface area (Å²) < 4.78 is 5.57. The van der Waals surface area contributed by atoms with Crippen LogP contribution < -0.4 is 5.32 Å². The Morgan fingerprint density at radius 2 is 1.86 bits per heavy atom. The average molecular weight is 375 g/mol. The normalized spacial score (nSPS) is 22.0. The van der Waals surface area contributed by atoms with Crippen molar-refractivity contribution >= 4 is 22.5 Å². The molecule has 0 bridgehead atoms. The van der Waals surface area contributed by atoms with Gasteiger partial charge in [-0.2, -0.15) is 0 Å². The van der Waals surface area contributed by atoms with E-state index in [1.807, 2.05) is 45.0 Å². The number of carbonyl (C=O) groups excluding carboxylic acids is 2. The van der Waals surface area contributed by atoms with Gasteiger partial charge in [0.1, 0.15) is 5.78 Å². The molecule has 2 aliphatic rings. The molecule has 4 nitrogen and oxygen atoms in total. The molecule has 0 fully saturated rings. The maximum Gasteiger partial charge on any atom is 0.336 e. The van der Waals surface area contributed by atoms with Crippen LogP contribution in [-0.4, -0.2) is 17.9 Å². The molecule has 2 atom stereocenters. The fourth-order valence-corrected chi connectivity index (χ4v) is 4.42.